The molecule has 1 saturated heterocycles. The third-order valence-corrected chi connectivity index (χ3v) is 4.78. The molecule has 0 unspecified atom stereocenters. The number of H-pyrrole nitrogens is 1. The highest BCUT2D eigenvalue weighted by Gasteiger charge is 2.23. The number of piperazine rings is 1. The standard InChI is InChI=1S/C19H19N5O4/c25-15(13-2-3-14-16(12-13)28-19(27)22-14)4-5-17(26)23-8-10-24(11-9-23)18-20-6-1-7-21-18/h1-3,6-7,12H,4-5,8-11H2,(H,22,27). The van der Waals surface area contributed by atoms with Crippen LogP contribution < -0.4 is 10.7 Å². The predicted molar refractivity (Wildman–Crippen MR) is 101 cm³/mol. The summed E-state index contributed by atoms with van der Waals surface area (Å²) in [6.07, 6.45) is 3.65. The minimum absolute atomic E-state index is 0.0452. The SMILES string of the molecule is O=C(CCC(=O)N1CCN(c2ncccn2)CC1)c1ccc2[nH]c(=O)oc2c1. The van der Waals surface area contributed by atoms with Crippen LogP contribution in [0.25, 0.3) is 11.1 Å². The number of aromatic nitrogens is 3. The van der Waals surface area contributed by atoms with E-state index in [0.29, 0.717) is 48.8 Å². The Morgan fingerprint density at radius 2 is 1.82 bits per heavy atom. The molecule has 1 fully saturated rings. The number of oxazole rings is 1. The van der Waals surface area contributed by atoms with Crippen molar-refractivity contribution in [1.82, 2.24) is 19.9 Å². The molecule has 3 heterocycles. The summed E-state index contributed by atoms with van der Waals surface area (Å²) in [5.74, 6) is -0.0990. The Bertz CT molecular complexity index is 1050. The molecule has 28 heavy (non-hydrogen) atoms. The number of carbonyl (C=O) groups excluding carboxylic acids is 2. The fourth-order valence-corrected chi connectivity index (χ4v) is 3.25. The van der Waals surface area contributed by atoms with Crippen LogP contribution in [0, 0.1) is 0 Å². The average molecular weight is 381 g/mol. The number of nitrogens with zero attached hydrogens (tertiary/aromatic N) is 4. The number of hydrogen-bond donors (Lipinski definition) is 1. The van der Waals surface area contributed by atoms with E-state index in [1.165, 1.54) is 6.07 Å². The third-order valence-electron chi connectivity index (χ3n) is 4.78. The van der Waals surface area contributed by atoms with Gasteiger partial charge in [0.2, 0.25) is 11.9 Å². The van der Waals surface area contributed by atoms with Crippen molar-refractivity contribution in [2.45, 2.75) is 12.8 Å². The van der Waals surface area contributed by atoms with Crippen LogP contribution in [0.5, 0.6) is 0 Å². The number of carbonyl (C=O) groups is 2. The molecule has 0 atom stereocenters. The second kappa shape index (κ2) is 7.63. The number of hydrogen-bond acceptors (Lipinski definition) is 7. The third kappa shape index (κ3) is 3.78. The first-order valence-corrected chi connectivity index (χ1v) is 9.06. The summed E-state index contributed by atoms with van der Waals surface area (Å²) in [7, 11) is 0. The van der Waals surface area contributed by atoms with Gasteiger partial charge in [0.1, 0.15) is 0 Å². The molecular weight excluding hydrogens is 362 g/mol. The van der Waals surface area contributed by atoms with Crippen molar-refractivity contribution in [3.63, 3.8) is 0 Å². The van der Waals surface area contributed by atoms with E-state index in [9.17, 15) is 14.4 Å². The van der Waals surface area contributed by atoms with Gasteiger partial charge in [-0.2, -0.15) is 0 Å². The van der Waals surface area contributed by atoms with Gasteiger partial charge in [-0.25, -0.2) is 14.8 Å². The first kappa shape index (κ1) is 17.9. The summed E-state index contributed by atoms with van der Waals surface area (Å²) in [5, 5.41) is 0. The monoisotopic (exact) mass is 381 g/mol. The Morgan fingerprint density at radius 1 is 1.07 bits per heavy atom. The van der Waals surface area contributed by atoms with Gasteiger partial charge >= 0.3 is 5.76 Å². The molecule has 1 aliphatic heterocycles. The molecule has 9 nitrogen and oxygen atoms in total. The number of ketones is 1. The lowest BCUT2D eigenvalue weighted by Gasteiger charge is -2.34. The van der Waals surface area contributed by atoms with Crippen molar-refractivity contribution < 1.29 is 14.0 Å². The number of nitrogens with one attached hydrogen (secondary N) is 1. The minimum Gasteiger partial charge on any atom is -0.408 e. The number of anilines is 1. The average Bonchev–Trinajstić information content (AvgIpc) is 3.11. The van der Waals surface area contributed by atoms with Crippen LogP contribution in [0.15, 0.2) is 45.9 Å². The van der Waals surface area contributed by atoms with E-state index in [-0.39, 0.29) is 24.5 Å². The smallest absolute Gasteiger partial charge is 0.408 e. The van der Waals surface area contributed by atoms with Gasteiger partial charge in [0.05, 0.1) is 5.52 Å². The number of rotatable bonds is 5. The van der Waals surface area contributed by atoms with Gasteiger partial charge in [0.25, 0.3) is 0 Å². The summed E-state index contributed by atoms with van der Waals surface area (Å²) in [5.41, 5.74) is 1.30. The zero-order valence-electron chi connectivity index (χ0n) is 15.1. The lowest BCUT2D eigenvalue weighted by molar-refractivity contribution is -0.131. The number of amides is 1. The molecule has 0 spiro atoms. The summed E-state index contributed by atoms with van der Waals surface area (Å²) in [6.45, 7) is 2.47. The Morgan fingerprint density at radius 3 is 2.57 bits per heavy atom. The van der Waals surface area contributed by atoms with E-state index in [2.05, 4.69) is 15.0 Å². The lowest BCUT2D eigenvalue weighted by atomic mass is 10.1. The maximum atomic E-state index is 12.5. The zero-order valence-corrected chi connectivity index (χ0v) is 15.1. The van der Waals surface area contributed by atoms with Crippen LogP contribution in [0.3, 0.4) is 0 Å². The van der Waals surface area contributed by atoms with Gasteiger partial charge < -0.3 is 14.2 Å². The van der Waals surface area contributed by atoms with E-state index in [0.717, 1.165) is 0 Å². The van der Waals surface area contributed by atoms with Gasteiger partial charge in [-0.1, -0.05) is 0 Å². The molecule has 4 rings (SSSR count). The Balaban J connectivity index is 1.30. The second-order valence-corrected chi connectivity index (χ2v) is 6.57. The number of aromatic amines is 1. The molecule has 3 aromatic rings. The van der Waals surface area contributed by atoms with Crippen LogP contribution in [0.4, 0.5) is 5.95 Å². The Hall–Kier alpha value is -3.49. The van der Waals surface area contributed by atoms with Crippen molar-refractivity contribution in [3.05, 3.63) is 52.8 Å². The first-order chi connectivity index (χ1) is 13.6. The Kier molecular flexibility index (Phi) is 4.88. The maximum Gasteiger partial charge on any atom is 0.417 e. The van der Waals surface area contributed by atoms with Crippen LogP contribution in [-0.4, -0.2) is 57.7 Å². The molecular formula is C19H19N5O4. The van der Waals surface area contributed by atoms with E-state index in [1.54, 1.807) is 35.5 Å². The van der Waals surface area contributed by atoms with Crippen molar-refractivity contribution in [1.29, 1.82) is 0 Å². The van der Waals surface area contributed by atoms with Crippen LogP contribution in [-0.2, 0) is 4.79 Å². The molecule has 0 bridgehead atoms. The van der Waals surface area contributed by atoms with Crippen LogP contribution in [0.2, 0.25) is 0 Å². The quantitative estimate of drug-likeness (QED) is 0.661. The predicted octanol–water partition coefficient (Wildman–Crippen LogP) is 1.22. The molecule has 1 aliphatic rings. The van der Waals surface area contributed by atoms with Crippen molar-refractivity contribution in [2.24, 2.45) is 0 Å². The lowest BCUT2D eigenvalue weighted by Crippen LogP contribution is -2.49. The summed E-state index contributed by atoms with van der Waals surface area (Å²) < 4.78 is 4.97. The number of Topliss-reactive ketones (excluding diaryl/α,β-unsaturated/α-hetero) is 1. The largest absolute Gasteiger partial charge is 0.417 e. The minimum atomic E-state index is -0.560. The molecule has 1 N–H and O–H groups in total. The molecule has 9 heteroatoms. The molecule has 144 valence electrons. The van der Waals surface area contributed by atoms with E-state index >= 15 is 0 Å². The molecule has 2 aromatic heterocycles. The fourth-order valence-electron chi connectivity index (χ4n) is 3.25. The van der Waals surface area contributed by atoms with E-state index < -0.39 is 5.76 Å². The van der Waals surface area contributed by atoms with E-state index in [4.69, 9.17) is 4.42 Å². The second-order valence-electron chi connectivity index (χ2n) is 6.57. The molecule has 1 amide bonds. The Labute approximate surface area is 160 Å². The van der Waals surface area contributed by atoms with Gasteiger partial charge in [-0.3, -0.25) is 14.6 Å². The molecule has 0 saturated carbocycles. The maximum absolute atomic E-state index is 12.5. The van der Waals surface area contributed by atoms with Crippen molar-refractivity contribution in [2.75, 3.05) is 31.1 Å². The summed E-state index contributed by atoms with van der Waals surface area (Å²) in [4.78, 5) is 50.8. The highest BCUT2D eigenvalue weighted by atomic mass is 16.4. The van der Waals surface area contributed by atoms with E-state index in [1.807, 2.05) is 4.90 Å². The zero-order chi connectivity index (χ0) is 19.5. The van der Waals surface area contributed by atoms with Gasteiger partial charge in [-0.15, -0.1) is 0 Å². The van der Waals surface area contributed by atoms with Gasteiger partial charge in [0.15, 0.2) is 11.4 Å². The van der Waals surface area contributed by atoms with Crippen LogP contribution in [0.1, 0.15) is 23.2 Å². The first-order valence-electron chi connectivity index (χ1n) is 9.06. The molecule has 0 aliphatic carbocycles. The summed E-state index contributed by atoms with van der Waals surface area (Å²) in [6, 6.07) is 6.54. The fraction of sp³-hybridized carbons (Fsp3) is 0.316. The van der Waals surface area contributed by atoms with Crippen molar-refractivity contribution in [3.8, 4) is 0 Å². The number of fused-ring (bicyclic) bond motifs is 1. The van der Waals surface area contributed by atoms with Gasteiger partial charge in [-0.05, 0) is 24.3 Å². The van der Waals surface area contributed by atoms with Crippen molar-refractivity contribution >= 4 is 28.7 Å². The van der Waals surface area contributed by atoms with Crippen LogP contribution >= 0.6 is 0 Å². The normalized spacial score (nSPS) is 14.4. The summed E-state index contributed by atoms with van der Waals surface area (Å²) >= 11 is 0. The topological polar surface area (TPSA) is 112 Å². The number of benzene rings is 1. The highest BCUT2D eigenvalue weighted by molar-refractivity contribution is 6.00. The van der Waals surface area contributed by atoms with Gasteiger partial charge in [0, 0.05) is 57.0 Å². The molecule has 0 radical (unpaired) electrons. The highest BCUT2D eigenvalue weighted by Crippen LogP contribution is 2.16. The molecule has 1 aromatic carbocycles.